The zero-order chi connectivity index (χ0) is 14.2. The zero-order valence-electron chi connectivity index (χ0n) is 13.5. The molecule has 0 bridgehead atoms. The highest BCUT2D eigenvalue weighted by atomic mass is 15.2. The van der Waals surface area contributed by atoms with Crippen LogP contribution in [0.2, 0.25) is 0 Å². The van der Waals surface area contributed by atoms with Crippen LogP contribution in [-0.2, 0) is 0 Å². The quantitative estimate of drug-likeness (QED) is 0.754. The predicted molar refractivity (Wildman–Crippen MR) is 87.2 cm³/mol. The van der Waals surface area contributed by atoms with Crippen LogP contribution in [0.25, 0.3) is 0 Å². The van der Waals surface area contributed by atoms with Crippen molar-refractivity contribution in [3.63, 3.8) is 0 Å². The normalized spacial score (nSPS) is 22.9. The first-order chi connectivity index (χ1) is 9.74. The van der Waals surface area contributed by atoms with Gasteiger partial charge in [-0.3, -0.25) is 4.90 Å². The number of nitrogens with one attached hydrogen (secondary N) is 1. The monoisotopic (exact) mass is 279 g/mol. The molecule has 0 amide bonds. The summed E-state index contributed by atoms with van der Waals surface area (Å²) in [6, 6.07) is 0.753. The van der Waals surface area contributed by atoms with E-state index in [1.165, 1.54) is 76.9 Å². The Morgan fingerprint density at radius 2 is 1.70 bits per heavy atom. The maximum absolute atomic E-state index is 3.77. The van der Waals surface area contributed by atoms with Gasteiger partial charge in [0, 0.05) is 25.7 Å². The van der Waals surface area contributed by atoms with E-state index >= 15 is 0 Å². The lowest BCUT2D eigenvalue weighted by atomic mass is 10.0. The van der Waals surface area contributed by atoms with Crippen molar-refractivity contribution in [1.29, 1.82) is 0 Å². The smallest absolute Gasteiger partial charge is 0.0165 e. The number of hydrogen-bond donors (Lipinski definition) is 1. The van der Waals surface area contributed by atoms with Gasteiger partial charge in [0.1, 0.15) is 0 Å². The van der Waals surface area contributed by atoms with E-state index in [4.69, 9.17) is 0 Å². The highest BCUT2D eigenvalue weighted by Gasteiger charge is 2.18. The Bertz CT molecular complexity index is 283. The van der Waals surface area contributed by atoms with Crippen molar-refractivity contribution in [3.8, 4) is 0 Å². The molecule has 0 aromatic carbocycles. The van der Waals surface area contributed by atoms with E-state index in [1.54, 1.807) is 0 Å². The molecule has 2 heterocycles. The molecule has 0 radical (unpaired) electrons. The van der Waals surface area contributed by atoms with E-state index < -0.39 is 0 Å². The van der Waals surface area contributed by atoms with Gasteiger partial charge in [0.15, 0.2) is 0 Å². The molecular weight excluding hydrogens is 246 g/mol. The molecule has 0 aromatic heterocycles. The van der Waals surface area contributed by atoms with Gasteiger partial charge in [-0.05, 0) is 65.7 Å². The van der Waals surface area contributed by atoms with E-state index in [-0.39, 0.29) is 0 Å². The lowest BCUT2D eigenvalue weighted by Gasteiger charge is -2.33. The number of allylic oxidation sites excluding steroid dienone is 1. The molecule has 2 aliphatic rings. The molecule has 0 spiro atoms. The van der Waals surface area contributed by atoms with Crippen LogP contribution in [0.1, 0.15) is 46.0 Å². The number of piperidine rings is 2. The molecule has 3 nitrogen and oxygen atoms in total. The Labute approximate surface area is 125 Å². The fourth-order valence-corrected chi connectivity index (χ4v) is 3.24. The minimum atomic E-state index is 0.753. The second kappa shape index (κ2) is 8.81. The Hall–Kier alpha value is -0.380. The fourth-order valence-electron chi connectivity index (χ4n) is 3.24. The average Bonchev–Trinajstić information content (AvgIpc) is 2.47. The van der Waals surface area contributed by atoms with E-state index in [9.17, 15) is 0 Å². The minimum Gasteiger partial charge on any atom is -0.313 e. The van der Waals surface area contributed by atoms with Crippen LogP contribution in [-0.4, -0.2) is 61.7 Å². The summed E-state index contributed by atoms with van der Waals surface area (Å²) in [6.07, 6.45) is 9.23. The maximum atomic E-state index is 3.77. The molecule has 0 aromatic rings. The van der Waals surface area contributed by atoms with Gasteiger partial charge < -0.3 is 10.2 Å². The minimum absolute atomic E-state index is 0.753. The third-order valence-corrected chi connectivity index (χ3v) is 4.66. The van der Waals surface area contributed by atoms with Crippen molar-refractivity contribution in [3.05, 3.63) is 11.6 Å². The second-order valence-corrected chi connectivity index (χ2v) is 6.71. The fraction of sp³-hybridized carbons (Fsp3) is 0.882. The first-order valence-corrected chi connectivity index (χ1v) is 8.55. The predicted octanol–water partition coefficient (Wildman–Crippen LogP) is 2.49. The highest BCUT2D eigenvalue weighted by Crippen LogP contribution is 2.11. The molecule has 2 aliphatic heterocycles. The average molecular weight is 279 g/mol. The molecular formula is C17H33N3. The molecule has 2 saturated heterocycles. The third kappa shape index (κ3) is 5.94. The van der Waals surface area contributed by atoms with Crippen molar-refractivity contribution in [1.82, 2.24) is 15.1 Å². The molecule has 3 heteroatoms. The summed E-state index contributed by atoms with van der Waals surface area (Å²) in [5, 5.41) is 3.77. The lowest BCUT2D eigenvalue weighted by Crippen LogP contribution is -2.45. The maximum Gasteiger partial charge on any atom is 0.0165 e. The number of nitrogens with zero attached hydrogens (tertiary/aromatic N) is 2. The Kier molecular flexibility index (Phi) is 7.05. The van der Waals surface area contributed by atoms with Crippen LogP contribution in [0.5, 0.6) is 0 Å². The van der Waals surface area contributed by atoms with Crippen LogP contribution in [0.4, 0.5) is 0 Å². The summed E-state index contributed by atoms with van der Waals surface area (Å²) in [5.41, 5.74) is 1.44. The standard InChI is InChI=1S/C17H33N3/c1-16(2)6-12-20-13-7-17(8-14-20)18-9-15-19-10-4-3-5-11-19/h6,17-18H,3-5,7-15H2,1-2H3. The molecule has 20 heavy (non-hydrogen) atoms. The Morgan fingerprint density at radius 3 is 2.35 bits per heavy atom. The molecule has 0 aliphatic carbocycles. The zero-order valence-corrected chi connectivity index (χ0v) is 13.5. The molecule has 1 N–H and O–H groups in total. The summed E-state index contributed by atoms with van der Waals surface area (Å²) in [5.74, 6) is 0. The molecule has 2 fully saturated rings. The van der Waals surface area contributed by atoms with Crippen LogP contribution in [0.3, 0.4) is 0 Å². The summed E-state index contributed by atoms with van der Waals surface area (Å²) in [7, 11) is 0. The van der Waals surface area contributed by atoms with Gasteiger partial charge in [-0.2, -0.15) is 0 Å². The van der Waals surface area contributed by atoms with E-state index in [0.717, 1.165) is 12.6 Å². The molecule has 2 rings (SSSR count). The second-order valence-electron chi connectivity index (χ2n) is 6.71. The molecule has 0 unspecified atom stereocenters. The third-order valence-electron chi connectivity index (χ3n) is 4.66. The van der Waals surface area contributed by atoms with Gasteiger partial charge in [0.25, 0.3) is 0 Å². The molecule has 0 saturated carbocycles. The number of likely N-dealkylation sites (tertiary alicyclic amines) is 2. The SMILES string of the molecule is CC(C)=CCN1CCC(NCCN2CCCCC2)CC1. The van der Waals surface area contributed by atoms with Gasteiger partial charge in [-0.25, -0.2) is 0 Å². The lowest BCUT2D eigenvalue weighted by molar-refractivity contribution is 0.198. The van der Waals surface area contributed by atoms with E-state index in [2.05, 4.69) is 35.0 Å². The topological polar surface area (TPSA) is 18.5 Å². The highest BCUT2D eigenvalue weighted by molar-refractivity contribution is 4.95. The summed E-state index contributed by atoms with van der Waals surface area (Å²) in [6.45, 7) is 13.1. The van der Waals surface area contributed by atoms with Crippen LogP contribution < -0.4 is 5.32 Å². The van der Waals surface area contributed by atoms with Crippen molar-refractivity contribution in [2.45, 2.75) is 52.0 Å². The van der Waals surface area contributed by atoms with Gasteiger partial charge in [0.2, 0.25) is 0 Å². The van der Waals surface area contributed by atoms with Crippen LogP contribution in [0.15, 0.2) is 11.6 Å². The van der Waals surface area contributed by atoms with Crippen molar-refractivity contribution in [2.24, 2.45) is 0 Å². The molecule has 0 atom stereocenters. The van der Waals surface area contributed by atoms with E-state index in [1.807, 2.05) is 0 Å². The number of hydrogen-bond acceptors (Lipinski definition) is 3. The van der Waals surface area contributed by atoms with Gasteiger partial charge in [-0.1, -0.05) is 18.1 Å². The largest absolute Gasteiger partial charge is 0.313 e. The van der Waals surface area contributed by atoms with E-state index in [0.29, 0.717) is 0 Å². The summed E-state index contributed by atoms with van der Waals surface area (Å²) >= 11 is 0. The van der Waals surface area contributed by atoms with Gasteiger partial charge >= 0.3 is 0 Å². The summed E-state index contributed by atoms with van der Waals surface area (Å²) < 4.78 is 0. The summed E-state index contributed by atoms with van der Waals surface area (Å²) in [4.78, 5) is 5.20. The Balaban J connectivity index is 1.54. The van der Waals surface area contributed by atoms with Crippen LogP contribution >= 0.6 is 0 Å². The van der Waals surface area contributed by atoms with Crippen LogP contribution in [0, 0.1) is 0 Å². The van der Waals surface area contributed by atoms with Crippen molar-refractivity contribution < 1.29 is 0 Å². The van der Waals surface area contributed by atoms with Gasteiger partial charge in [0.05, 0.1) is 0 Å². The Morgan fingerprint density at radius 1 is 1.00 bits per heavy atom. The van der Waals surface area contributed by atoms with Gasteiger partial charge in [-0.15, -0.1) is 0 Å². The first kappa shape index (κ1) is 16.0. The van der Waals surface area contributed by atoms with Crippen molar-refractivity contribution in [2.75, 3.05) is 45.8 Å². The molecule has 116 valence electrons. The van der Waals surface area contributed by atoms with Crippen molar-refractivity contribution >= 4 is 0 Å². The number of rotatable bonds is 6. The first-order valence-electron chi connectivity index (χ1n) is 8.55.